The van der Waals surface area contributed by atoms with Gasteiger partial charge in [0.2, 0.25) is 0 Å². The molecule has 0 saturated carbocycles. The van der Waals surface area contributed by atoms with E-state index >= 15 is 0 Å². The summed E-state index contributed by atoms with van der Waals surface area (Å²) >= 11 is 1.73. The van der Waals surface area contributed by atoms with Gasteiger partial charge in [-0.3, -0.25) is 14.7 Å². The SMILES string of the molecule is CC(C)(C)c1nc(CN2CCN(C(=O)c3cnccn3)CC2)cs1. The topological polar surface area (TPSA) is 62.2 Å². The third-order valence-electron chi connectivity index (χ3n) is 4.02. The largest absolute Gasteiger partial charge is 0.335 e. The summed E-state index contributed by atoms with van der Waals surface area (Å²) in [5.74, 6) is -0.0357. The van der Waals surface area contributed by atoms with Gasteiger partial charge in [-0.15, -0.1) is 11.3 Å². The van der Waals surface area contributed by atoms with Crippen LogP contribution < -0.4 is 0 Å². The molecule has 0 N–H and O–H groups in total. The van der Waals surface area contributed by atoms with Crippen molar-refractivity contribution >= 4 is 17.2 Å². The van der Waals surface area contributed by atoms with Crippen LogP contribution in [0.1, 0.15) is 42.0 Å². The Morgan fingerprint density at radius 3 is 2.54 bits per heavy atom. The molecular weight excluding hydrogens is 322 g/mol. The third kappa shape index (κ3) is 3.96. The van der Waals surface area contributed by atoms with E-state index in [2.05, 4.69) is 41.0 Å². The number of piperazine rings is 1. The molecule has 1 aliphatic rings. The number of rotatable bonds is 3. The fourth-order valence-corrected chi connectivity index (χ4v) is 3.53. The predicted octanol–water partition coefficient (Wildman–Crippen LogP) is 2.19. The van der Waals surface area contributed by atoms with Crippen LogP contribution >= 0.6 is 11.3 Å². The number of carbonyl (C=O) groups excluding carboxylic acids is 1. The lowest BCUT2D eigenvalue weighted by atomic mass is 9.98. The molecule has 24 heavy (non-hydrogen) atoms. The molecule has 1 aliphatic heterocycles. The van der Waals surface area contributed by atoms with Crippen molar-refractivity contribution in [1.29, 1.82) is 0 Å². The summed E-state index contributed by atoms with van der Waals surface area (Å²) < 4.78 is 0. The summed E-state index contributed by atoms with van der Waals surface area (Å²) in [6, 6.07) is 0. The van der Waals surface area contributed by atoms with Crippen molar-refractivity contribution < 1.29 is 4.79 Å². The summed E-state index contributed by atoms with van der Waals surface area (Å²) in [5.41, 5.74) is 1.64. The van der Waals surface area contributed by atoms with E-state index in [0.717, 1.165) is 25.3 Å². The highest BCUT2D eigenvalue weighted by molar-refractivity contribution is 7.09. The van der Waals surface area contributed by atoms with E-state index in [-0.39, 0.29) is 11.3 Å². The molecule has 3 rings (SSSR count). The predicted molar refractivity (Wildman–Crippen MR) is 94.0 cm³/mol. The van der Waals surface area contributed by atoms with E-state index in [9.17, 15) is 4.79 Å². The van der Waals surface area contributed by atoms with Gasteiger partial charge in [-0.05, 0) is 0 Å². The molecule has 0 unspecified atom stereocenters. The molecule has 1 saturated heterocycles. The first kappa shape index (κ1) is 17.0. The summed E-state index contributed by atoms with van der Waals surface area (Å²) in [6.07, 6.45) is 4.66. The van der Waals surface area contributed by atoms with Gasteiger partial charge in [-0.25, -0.2) is 9.97 Å². The molecule has 0 spiro atoms. The van der Waals surface area contributed by atoms with Gasteiger partial charge in [-0.1, -0.05) is 20.8 Å². The van der Waals surface area contributed by atoms with E-state index in [1.54, 1.807) is 23.7 Å². The van der Waals surface area contributed by atoms with Crippen molar-refractivity contribution in [3.8, 4) is 0 Å². The molecule has 0 aromatic carbocycles. The molecular formula is C17H23N5OS. The number of hydrogen-bond donors (Lipinski definition) is 0. The van der Waals surface area contributed by atoms with Crippen molar-refractivity contribution in [2.24, 2.45) is 0 Å². The Morgan fingerprint density at radius 2 is 1.96 bits per heavy atom. The number of hydrogen-bond acceptors (Lipinski definition) is 6. The summed E-state index contributed by atoms with van der Waals surface area (Å²) in [7, 11) is 0. The zero-order valence-electron chi connectivity index (χ0n) is 14.4. The van der Waals surface area contributed by atoms with E-state index in [4.69, 9.17) is 4.98 Å². The summed E-state index contributed by atoms with van der Waals surface area (Å²) in [6.45, 7) is 10.5. The lowest BCUT2D eigenvalue weighted by Gasteiger charge is -2.34. The van der Waals surface area contributed by atoms with Crippen molar-refractivity contribution in [2.75, 3.05) is 26.2 Å². The Bertz CT molecular complexity index is 687. The van der Waals surface area contributed by atoms with Crippen LogP contribution in [0.3, 0.4) is 0 Å². The van der Waals surface area contributed by atoms with Gasteiger partial charge in [0.25, 0.3) is 5.91 Å². The maximum Gasteiger partial charge on any atom is 0.274 e. The van der Waals surface area contributed by atoms with Crippen LogP contribution in [0.5, 0.6) is 0 Å². The standard InChI is InChI=1S/C17H23N5OS/c1-17(2,3)16-20-13(12-24-16)11-21-6-8-22(9-7-21)15(23)14-10-18-4-5-19-14/h4-5,10,12H,6-9,11H2,1-3H3. The first-order chi connectivity index (χ1) is 11.4. The molecule has 128 valence electrons. The molecule has 6 nitrogen and oxygen atoms in total. The minimum atomic E-state index is -0.0357. The number of thiazole rings is 1. The normalized spacial score (nSPS) is 16.4. The second-order valence-electron chi connectivity index (χ2n) is 7.05. The molecule has 1 fully saturated rings. The second kappa shape index (κ2) is 6.94. The average molecular weight is 345 g/mol. The van der Waals surface area contributed by atoms with Crippen molar-refractivity contribution in [3.05, 3.63) is 40.4 Å². The molecule has 2 aromatic heterocycles. The Labute approximate surface area is 146 Å². The van der Waals surface area contributed by atoms with Crippen molar-refractivity contribution in [3.63, 3.8) is 0 Å². The maximum atomic E-state index is 12.4. The molecule has 0 atom stereocenters. The van der Waals surface area contributed by atoms with Gasteiger partial charge in [0.15, 0.2) is 0 Å². The first-order valence-electron chi connectivity index (χ1n) is 8.16. The highest BCUT2D eigenvalue weighted by Gasteiger charge is 2.24. The van der Waals surface area contributed by atoms with Crippen LogP contribution in [0.15, 0.2) is 24.0 Å². The smallest absolute Gasteiger partial charge is 0.274 e. The van der Waals surface area contributed by atoms with Crippen LogP contribution in [-0.4, -0.2) is 56.8 Å². The zero-order valence-corrected chi connectivity index (χ0v) is 15.2. The minimum Gasteiger partial charge on any atom is -0.335 e. The Hall–Kier alpha value is -1.86. The van der Waals surface area contributed by atoms with Crippen LogP contribution in [0.2, 0.25) is 0 Å². The fraction of sp³-hybridized carbons (Fsp3) is 0.529. The number of nitrogens with zero attached hydrogens (tertiary/aromatic N) is 5. The molecule has 0 aliphatic carbocycles. The fourth-order valence-electron chi connectivity index (χ4n) is 2.63. The number of aromatic nitrogens is 3. The zero-order chi connectivity index (χ0) is 17.2. The maximum absolute atomic E-state index is 12.4. The Morgan fingerprint density at radius 1 is 1.21 bits per heavy atom. The van der Waals surface area contributed by atoms with Gasteiger partial charge >= 0.3 is 0 Å². The van der Waals surface area contributed by atoms with Crippen LogP contribution in [-0.2, 0) is 12.0 Å². The lowest BCUT2D eigenvalue weighted by molar-refractivity contribution is 0.0621. The average Bonchev–Trinajstić information content (AvgIpc) is 3.05. The minimum absolute atomic E-state index is 0.0357. The van der Waals surface area contributed by atoms with E-state index in [0.29, 0.717) is 18.8 Å². The Balaban J connectivity index is 1.54. The van der Waals surface area contributed by atoms with Crippen molar-refractivity contribution in [1.82, 2.24) is 24.8 Å². The highest BCUT2D eigenvalue weighted by atomic mass is 32.1. The summed E-state index contributed by atoms with van der Waals surface area (Å²) in [5, 5.41) is 3.33. The van der Waals surface area contributed by atoms with Crippen LogP contribution in [0, 0.1) is 0 Å². The lowest BCUT2D eigenvalue weighted by Crippen LogP contribution is -2.48. The second-order valence-corrected chi connectivity index (χ2v) is 7.91. The Kier molecular flexibility index (Phi) is 4.91. The van der Waals surface area contributed by atoms with Crippen LogP contribution in [0.25, 0.3) is 0 Å². The number of carbonyl (C=O) groups is 1. The molecule has 7 heteroatoms. The van der Waals surface area contributed by atoms with Gasteiger partial charge in [0.05, 0.1) is 16.9 Å². The van der Waals surface area contributed by atoms with Gasteiger partial charge in [0, 0.05) is 55.9 Å². The monoisotopic (exact) mass is 345 g/mol. The van der Waals surface area contributed by atoms with E-state index in [1.165, 1.54) is 11.2 Å². The van der Waals surface area contributed by atoms with E-state index < -0.39 is 0 Å². The molecule has 0 bridgehead atoms. The number of amides is 1. The van der Waals surface area contributed by atoms with Crippen LogP contribution in [0.4, 0.5) is 0 Å². The summed E-state index contributed by atoms with van der Waals surface area (Å²) in [4.78, 5) is 29.4. The molecule has 2 aromatic rings. The molecule has 1 amide bonds. The van der Waals surface area contributed by atoms with Gasteiger partial charge in [0.1, 0.15) is 5.69 Å². The van der Waals surface area contributed by atoms with Gasteiger partial charge in [-0.2, -0.15) is 0 Å². The molecule has 0 radical (unpaired) electrons. The van der Waals surface area contributed by atoms with Gasteiger partial charge < -0.3 is 4.90 Å². The third-order valence-corrected chi connectivity index (χ3v) is 5.34. The highest BCUT2D eigenvalue weighted by Crippen LogP contribution is 2.26. The quantitative estimate of drug-likeness (QED) is 0.853. The van der Waals surface area contributed by atoms with E-state index in [1.807, 2.05) is 4.90 Å². The van der Waals surface area contributed by atoms with Crippen molar-refractivity contribution in [2.45, 2.75) is 32.7 Å². The molecule has 3 heterocycles. The first-order valence-corrected chi connectivity index (χ1v) is 9.04.